The fraction of sp³-hybridized carbons (Fsp3) is 0.500. The fourth-order valence-electron chi connectivity index (χ4n) is 1.79. The van der Waals surface area contributed by atoms with Crippen molar-refractivity contribution in [1.82, 2.24) is 4.90 Å². The van der Waals surface area contributed by atoms with Crippen molar-refractivity contribution >= 4 is 5.91 Å². The molecule has 0 aromatic heterocycles. The molecule has 0 bridgehead atoms. The van der Waals surface area contributed by atoms with E-state index in [0.29, 0.717) is 24.5 Å². The molecular weight excluding hydrogens is 244 g/mol. The second kappa shape index (κ2) is 6.99. The van der Waals surface area contributed by atoms with Gasteiger partial charge in [0.05, 0.1) is 20.3 Å². The monoisotopic (exact) mass is 266 g/mol. The van der Waals surface area contributed by atoms with Crippen molar-refractivity contribution in [3.63, 3.8) is 0 Å². The molecule has 1 atom stereocenters. The van der Waals surface area contributed by atoms with Gasteiger partial charge in [-0.3, -0.25) is 4.79 Å². The molecule has 5 heteroatoms. The minimum absolute atomic E-state index is 0.0581. The zero-order valence-electron chi connectivity index (χ0n) is 12.0. The largest absolute Gasteiger partial charge is 0.493 e. The molecule has 1 aromatic carbocycles. The molecule has 0 unspecified atom stereocenters. The maximum absolute atomic E-state index is 11.9. The van der Waals surface area contributed by atoms with E-state index in [9.17, 15) is 4.79 Å². The number of nitrogens with zero attached hydrogens (tertiary/aromatic N) is 1. The Bertz CT molecular complexity index is 435. The van der Waals surface area contributed by atoms with Crippen LogP contribution in [0, 0.1) is 0 Å². The summed E-state index contributed by atoms with van der Waals surface area (Å²) >= 11 is 0. The average Bonchev–Trinajstić information content (AvgIpc) is 2.45. The Hall–Kier alpha value is -1.75. The highest BCUT2D eigenvalue weighted by Crippen LogP contribution is 2.27. The minimum Gasteiger partial charge on any atom is -0.493 e. The lowest BCUT2D eigenvalue weighted by molar-refractivity contribution is -0.131. The van der Waals surface area contributed by atoms with Crippen molar-refractivity contribution in [2.75, 3.05) is 21.3 Å². The Morgan fingerprint density at radius 3 is 2.47 bits per heavy atom. The third kappa shape index (κ3) is 3.86. The van der Waals surface area contributed by atoms with Crippen molar-refractivity contribution in [2.45, 2.75) is 25.9 Å². The Kier molecular flexibility index (Phi) is 5.63. The van der Waals surface area contributed by atoms with Crippen LogP contribution in [0.25, 0.3) is 0 Å². The van der Waals surface area contributed by atoms with E-state index < -0.39 is 6.04 Å². The quantitative estimate of drug-likeness (QED) is 0.845. The lowest BCUT2D eigenvalue weighted by atomic mass is 10.1. The molecule has 0 fully saturated rings. The summed E-state index contributed by atoms with van der Waals surface area (Å²) < 4.78 is 10.4. The van der Waals surface area contributed by atoms with Crippen LogP contribution in [-0.4, -0.2) is 38.1 Å². The van der Waals surface area contributed by atoms with Gasteiger partial charge in [0.15, 0.2) is 11.5 Å². The second-order valence-electron chi connectivity index (χ2n) is 4.40. The Labute approximate surface area is 114 Å². The number of rotatable bonds is 6. The van der Waals surface area contributed by atoms with E-state index in [-0.39, 0.29) is 5.91 Å². The number of carbonyl (C=O) groups excluding carboxylic acids is 1. The zero-order chi connectivity index (χ0) is 14.4. The molecule has 0 saturated carbocycles. The van der Waals surface area contributed by atoms with E-state index in [1.165, 1.54) is 0 Å². The van der Waals surface area contributed by atoms with Crippen molar-refractivity contribution in [2.24, 2.45) is 5.73 Å². The molecule has 0 radical (unpaired) electrons. The molecule has 19 heavy (non-hydrogen) atoms. The molecule has 2 N–H and O–H groups in total. The Morgan fingerprint density at radius 1 is 1.32 bits per heavy atom. The molecule has 0 aliphatic rings. The SMILES string of the molecule is CC[C@@H](N)C(=O)N(C)Cc1ccc(OC)c(OC)c1. The van der Waals surface area contributed by atoms with E-state index in [1.807, 2.05) is 25.1 Å². The number of hydrogen-bond donors (Lipinski definition) is 1. The molecule has 0 saturated heterocycles. The van der Waals surface area contributed by atoms with Gasteiger partial charge in [-0.05, 0) is 24.1 Å². The summed E-state index contributed by atoms with van der Waals surface area (Å²) in [5, 5.41) is 0. The molecule has 0 aliphatic heterocycles. The van der Waals surface area contributed by atoms with Crippen molar-refractivity contribution in [3.05, 3.63) is 23.8 Å². The number of nitrogens with two attached hydrogens (primary N) is 1. The van der Waals surface area contributed by atoms with Gasteiger partial charge >= 0.3 is 0 Å². The van der Waals surface area contributed by atoms with Gasteiger partial charge < -0.3 is 20.1 Å². The maximum Gasteiger partial charge on any atom is 0.239 e. The van der Waals surface area contributed by atoms with Gasteiger partial charge in [-0.15, -0.1) is 0 Å². The number of hydrogen-bond acceptors (Lipinski definition) is 4. The van der Waals surface area contributed by atoms with Crippen LogP contribution in [0.4, 0.5) is 0 Å². The molecule has 1 rings (SSSR count). The van der Waals surface area contributed by atoms with Crippen LogP contribution in [0.5, 0.6) is 11.5 Å². The number of carbonyl (C=O) groups is 1. The first-order chi connectivity index (χ1) is 9.03. The second-order valence-corrected chi connectivity index (χ2v) is 4.40. The first-order valence-electron chi connectivity index (χ1n) is 6.24. The predicted molar refractivity (Wildman–Crippen MR) is 74.3 cm³/mol. The van der Waals surface area contributed by atoms with Gasteiger partial charge in [-0.2, -0.15) is 0 Å². The van der Waals surface area contributed by atoms with Gasteiger partial charge in [0.2, 0.25) is 5.91 Å². The standard InChI is InChI=1S/C14H22N2O3/c1-5-11(15)14(17)16(2)9-10-6-7-12(18-3)13(8-10)19-4/h6-8,11H,5,9,15H2,1-4H3/t11-/m1/s1. The summed E-state index contributed by atoms with van der Waals surface area (Å²) in [5.74, 6) is 1.27. The van der Waals surface area contributed by atoms with Crippen molar-refractivity contribution in [1.29, 1.82) is 0 Å². The molecule has 0 aliphatic carbocycles. The van der Waals surface area contributed by atoms with Gasteiger partial charge in [0, 0.05) is 13.6 Å². The third-order valence-electron chi connectivity index (χ3n) is 3.00. The van der Waals surface area contributed by atoms with Crippen LogP contribution in [-0.2, 0) is 11.3 Å². The van der Waals surface area contributed by atoms with Crippen molar-refractivity contribution in [3.8, 4) is 11.5 Å². The van der Waals surface area contributed by atoms with E-state index in [1.54, 1.807) is 26.2 Å². The number of likely N-dealkylation sites (N-methyl/N-ethyl adjacent to an activating group) is 1. The maximum atomic E-state index is 11.9. The molecule has 1 aromatic rings. The van der Waals surface area contributed by atoms with Gasteiger partial charge in [-0.25, -0.2) is 0 Å². The molecule has 0 heterocycles. The summed E-state index contributed by atoms with van der Waals surface area (Å²) in [4.78, 5) is 13.5. The summed E-state index contributed by atoms with van der Waals surface area (Å²) in [5.41, 5.74) is 6.71. The minimum atomic E-state index is -0.440. The summed E-state index contributed by atoms with van der Waals surface area (Å²) in [7, 11) is 4.92. The summed E-state index contributed by atoms with van der Waals surface area (Å²) in [6, 6.07) is 5.15. The number of benzene rings is 1. The van der Waals surface area contributed by atoms with Gasteiger partial charge in [-0.1, -0.05) is 13.0 Å². The highest BCUT2D eigenvalue weighted by atomic mass is 16.5. The predicted octanol–water partition coefficient (Wildman–Crippen LogP) is 1.40. The van der Waals surface area contributed by atoms with Gasteiger partial charge in [0.1, 0.15) is 0 Å². The van der Waals surface area contributed by atoms with E-state index in [0.717, 1.165) is 5.56 Å². The molecule has 5 nitrogen and oxygen atoms in total. The van der Waals surface area contributed by atoms with Crippen LogP contribution in [0.3, 0.4) is 0 Å². The first kappa shape index (κ1) is 15.3. The third-order valence-corrected chi connectivity index (χ3v) is 3.00. The smallest absolute Gasteiger partial charge is 0.239 e. The molecule has 0 spiro atoms. The average molecular weight is 266 g/mol. The number of methoxy groups -OCH3 is 2. The lowest BCUT2D eigenvalue weighted by Crippen LogP contribution is -2.40. The number of ether oxygens (including phenoxy) is 2. The van der Waals surface area contributed by atoms with E-state index in [2.05, 4.69) is 0 Å². The van der Waals surface area contributed by atoms with Crippen LogP contribution in [0.15, 0.2) is 18.2 Å². The topological polar surface area (TPSA) is 64.8 Å². The van der Waals surface area contributed by atoms with Crippen molar-refractivity contribution < 1.29 is 14.3 Å². The summed E-state index contributed by atoms with van der Waals surface area (Å²) in [6.45, 7) is 2.39. The molecular formula is C14H22N2O3. The summed E-state index contributed by atoms with van der Waals surface area (Å²) in [6.07, 6.45) is 0.634. The van der Waals surface area contributed by atoms with Crippen LogP contribution >= 0.6 is 0 Å². The normalized spacial score (nSPS) is 11.8. The van der Waals surface area contributed by atoms with Crippen LogP contribution in [0.2, 0.25) is 0 Å². The molecule has 106 valence electrons. The van der Waals surface area contributed by atoms with Crippen LogP contribution < -0.4 is 15.2 Å². The Balaban J connectivity index is 2.79. The zero-order valence-corrected chi connectivity index (χ0v) is 12.0. The highest BCUT2D eigenvalue weighted by Gasteiger charge is 2.16. The fourth-order valence-corrected chi connectivity index (χ4v) is 1.79. The molecule has 1 amide bonds. The van der Waals surface area contributed by atoms with Crippen LogP contribution in [0.1, 0.15) is 18.9 Å². The lowest BCUT2D eigenvalue weighted by Gasteiger charge is -2.21. The van der Waals surface area contributed by atoms with E-state index >= 15 is 0 Å². The first-order valence-corrected chi connectivity index (χ1v) is 6.24. The Morgan fingerprint density at radius 2 is 1.95 bits per heavy atom. The highest BCUT2D eigenvalue weighted by molar-refractivity contribution is 5.81. The number of amides is 1. The van der Waals surface area contributed by atoms with E-state index in [4.69, 9.17) is 15.2 Å². The van der Waals surface area contributed by atoms with Gasteiger partial charge in [0.25, 0.3) is 0 Å².